The van der Waals surface area contributed by atoms with Gasteiger partial charge in [-0.25, -0.2) is 4.79 Å². The van der Waals surface area contributed by atoms with Crippen molar-refractivity contribution in [2.45, 2.75) is 0 Å². The third-order valence-electron chi connectivity index (χ3n) is 0.502. The normalized spacial score (nSPS) is 7.22. The average molecular weight is 194 g/mol. The Kier molecular flexibility index (Phi) is 9.89. The van der Waals surface area contributed by atoms with Crippen LogP contribution in [-0.2, 0) is 9.53 Å². The van der Waals surface area contributed by atoms with E-state index in [0.29, 0.717) is 0 Å². The summed E-state index contributed by atoms with van der Waals surface area (Å²) in [5, 5.41) is 8.10. The summed E-state index contributed by atoms with van der Waals surface area (Å²) in [4.78, 5) is 10.1. The number of aliphatic hydroxyl groups is 1. The first-order valence-corrected chi connectivity index (χ1v) is 2.21. The van der Waals surface area contributed by atoms with Gasteiger partial charge in [-0.15, -0.1) is 0 Å². The van der Waals surface area contributed by atoms with Crippen LogP contribution in [0, 0.1) is 0 Å². The van der Waals surface area contributed by atoms with E-state index in [9.17, 15) is 4.79 Å². The van der Waals surface area contributed by atoms with E-state index in [1.807, 2.05) is 0 Å². The molecule has 4 heteroatoms. The third kappa shape index (κ3) is 7.73. The Labute approximate surface area is 65.0 Å². The first kappa shape index (κ1) is 11.5. The van der Waals surface area contributed by atoms with E-state index in [0.717, 1.165) is 6.08 Å². The Bertz CT molecular complexity index is 92.2. The molecule has 0 bridgehead atoms. The molecular weight excluding hydrogens is 183 g/mol. The molecule has 0 rings (SSSR count). The van der Waals surface area contributed by atoms with Gasteiger partial charge in [0.15, 0.2) is 0 Å². The number of carbonyl (C=O) groups excluding carboxylic acids is 1. The van der Waals surface area contributed by atoms with Crippen molar-refractivity contribution in [1.82, 2.24) is 0 Å². The van der Waals surface area contributed by atoms with Crippen molar-refractivity contribution >= 4 is 23.9 Å². The number of rotatable bonds is 3. The van der Waals surface area contributed by atoms with Crippen LogP contribution >= 0.6 is 0 Å². The molecule has 0 heterocycles. The van der Waals surface area contributed by atoms with Crippen LogP contribution in [0.25, 0.3) is 0 Å². The van der Waals surface area contributed by atoms with Crippen molar-refractivity contribution in [3.05, 3.63) is 12.7 Å². The van der Waals surface area contributed by atoms with E-state index in [1.54, 1.807) is 0 Å². The molecule has 1 unspecified atom stereocenters. The SMILES string of the molecule is C=CC(=O)OCCO.[AsH3]. The first-order valence-electron chi connectivity index (χ1n) is 2.21. The molecule has 0 aromatic heterocycles. The van der Waals surface area contributed by atoms with Crippen molar-refractivity contribution in [1.29, 1.82) is 0 Å². The standard InChI is InChI=1S/C5H8O3.AsH3/c1-2-5(7)8-4-3-6;/h2,6H,1,3-4H2;1H3. The summed E-state index contributed by atoms with van der Waals surface area (Å²) < 4.78 is 4.33. The van der Waals surface area contributed by atoms with E-state index >= 15 is 0 Å². The quantitative estimate of drug-likeness (QED) is 0.338. The molecule has 0 radical (unpaired) electrons. The molecule has 0 aliphatic heterocycles. The van der Waals surface area contributed by atoms with Crippen molar-refractivity contribution < 1.29 is 14.6 Å². The third-order valence-corrected chi connectivity index (χ3v) is 0.502. The second-order valence-corrected chi connectivity index (χ2v) is 1.10. The average Bonchev–Trinajstić information content (AvgIpc) is 1.83. The van der Waals surface area contributed by atoms with Crippen LogP contribution in [-0.4, -0.2) is 42.2 Å². The Morgan fingerprint density at radius 1 is 1.78 bits per heavy atom. The molecule has 0 amide bonds. The topological polar surface area (TPSA) is 46.5 Å². The van der Waals surface area contributed by atoms with E-state index in [-0.39, 0.29) is 31.2 Å². The number of esters is 1. The molecule has 1 N–H and O–H groups in total. The molecule has 1 atom stereocenters. The molecule has 0 aliphatic carbocycles. The second-order valence-electron chi connectivity index (χ2n) is 1.10. The number of ether oxygens (including phenoxy) is 1. The number of hydrogen-bond donors (Lipinski definition) is 1. The van der Waals surface area contributed by atoms with Crippen LogP contribution < -0.4 is 0 Å². The van der Waals surface area contributed by atoms with Gasteiger partial charge in [0.25, 0.3) is 0 Å². The van der Waals surface area contributed by atoms with Crippen LogP contribution in [0.3, 0.4) is 0 Å². The Morgan fingerprint density at radius 3 is 2.67 bits per heavy atom. The first-order chi connectivity index (χ1) is 3.81. The summed E-state index contributed by atoms with van der Waals surface area (Å²) in [6.45, 7) is 3.06. The predicted octanol–water partition coefficient (Wildman–Crippen LogP) is -1.48. The monoisotopic (exact) mass is 194 g/mol. The van der Waals surface area contributed by atoms with Gasteiger partial charge in [0.05, 0.1) is 6.61 Å². The zero-order chi connectivity index (χ0) is 6.41. The number of aliphatic hydroxyl groups excluding tert-OH is 1. The Balaban J connectivity index is 0. The molecule has 0 saturated carbocycles. The summed E-state index contributed by atoms with van der Waals surface area (Å²) in [5.41, 5.74) is 0. The minimum atomic E-state index is -0.501. The van der Waals surface area contributed by atoms with Gasteiger partial charge in [-0.05, 0) is 0 Å². The molecule has 0 saturated heterocycles. The molecule has 0 aliphatic rings. The maximum atomic E-state index is 10.1. The minimum absolute atomic E-state index is 0. The van der Waals surface area contributed by atoms with E-state index < -0.39 is 5.97 Å². The molecule has 0 fully saturated rings. The van der Waals surface area contributed by atoms with Gasteiger partial charge in [0, 0.05) is 6.08 Å². The fourth-order valence-electron chi connectivity index (χ4n) is 0.205. The van der Waals surface area contributed by atoms with Crippen molar-refractivity contribution in [2.24, 2.45) is 0 Å². The number of hydrogen-bond acceptors (Lipinski definition) is 3. The van der Waals surface area contributed by atoms with Gasteiger partial charge in [-0.3, -0.25) is 0 Å². The molecule has 54 valence electrons. The Morgan fingerprint density at radius 2 is 2.33 bits per heavy atom. The fourth-order valence-corrected chi connectivity index (χ4v) is 0.205. The molecule has 3 nitrogen and oxygen atoms in total. The van der Waals surface area contributed by atoms with Gasteiger partial charge in [0.1, 0.15) is 6.61 Å². The predicted molar refractivity (Wildman–Crippen MR) is 38.2 cm³/mol. The molecule has 9 heavy (non-hydrogen) atoms. The zero-order valence-electron chi connectivity index (χ0n) is 5.17. The maximum absolute atomic E-state index is 10.1. The van der Waals surface area contributed by atoms with Crippen molar-refractivity contribution in [2.75, 3.05) is 13.2 Å². The Hall–Kier alpha value is -0.272. The molecule has 0 aromatic carbocycles. The second kappa shape index (κ2) is 7.73. The van der Waals surface area contributed by atoms with Crippen molar-refractivity contribution in [3.8, 4) is 0 Å². The van der Waals surface area contributed by atoms with Crippen LogP contribution in [0.4, 0.5) is 0 Å². The molecule has 0 spiro atoms. The summed E-state index contributed by atoms with van der Waals surface area (Å²) in [6, 6.07) is 0. The van der Waals surface area contributed by atoms with Crippen LogP contribution in [0.2, 0.25) is 0 Å². The van der Waals surface area contributed by atoms with E-state index in [1.165, 1.54) is 0 Å². The number of carbonyl (C=O) groups is 1. The fraction of sp³-hybridized carbons (Fsp3) is 0.400. The van der Waals surface area contributed by atoms with Gasteiger partial charge in [-0.2, -0.15) is 0 Å². The van der Waals surface area contributed by atoms with Crippen LogP contribution in [0.15, 0.2) is 12.7 Å². The summed E-state index contributed by atoms with van der Waals surface area (Å²) in [6.07, 6.45) is 1.05. The molecule has 0 aromatic rings. The van der Waals surface area contributed by atoms with Gasteiger partial charge in [0.2, 0.25) is 0 Å². The van der Waals surface area contributed by atoms with Crippen molar-refractivity contribution in [3.63, 3.8) is 0 Å². The van der Waals surface area contributed by atoms with Gasteiger partial charge < -0.3 is 9.84 Å². The van der Waals surface area contributed by atoms with E-state index in [4.69, 9.17) is 5.11 Å². The van der Waals surface area contributed by atoms with Crippen LogP contribution in [0.5, 0.6) is 0 Å². The summed E-state index contributed by atoms with van der Waals surface area (Å²) in [5.74, 6) is -0.501. The van der Waals surface area contributed by atoms with Crippen LogP contribution in [0.1, 0.15) is 0 Å². The zero-order valence-corrected chi connectivity index (χ0v) is 8.14. The van der Waals surface area contributed by atoms with Gasteiger partial charge >= 0.3 is 23.9 Å². The summed E-state index contributed by atoms with van der Waals surface area (Å²) in [7, 11) is 0. The molecular formula is C5H11AsO3. The summed E-state index contributed by atoms with van der Waals surface area (Å²) >= 11 is 0. The van der Waals surface area contributed by atoms with Gasteiger partial charge in [-0.1, -0.05) is 6.58 Å². The van der Waals surface area contributed by atoms with E-state index in [2.05, 4.69) is 11.3 Å².